The second-order valence-electron chi connectivity index (χ2n) is 7.35. The fourth-order valence-corrected chi connectivity index (χ4v) is 4.13. The third kappa shape index (κ3) is 4.54. The van der Waals surface area contributed by atoms with Crippen molar-refractivity contribution in [1.82, 2.24) is 4.98 Å². The maximum Gasteiger partial charge on any atom is 0.168 e. The minimum Gasteiger partial charge on any atom is -0.493 e. The molecular weight excluding hydrogens is 460 g/mol. The molecule has 0 saturated heterocycles. The molecule has 8 nitrogen and oxygen atoms in total. The lowest BCUT2D eigenvalue weighted by molar-refractivity contribution is -1.92. The zero-order valence-corrected chi connectivity index (χ0v) is 19.1. The van der Waals surface area contributed by atoms with Gasteiger partial charge in [0, 0.05) is 21.7 Å². The monoisotopic (exact) mass is 480 g/mol. The Hall–Kier alpha value is -3.66. The van der Waals surface area contributed by atoms with E-state index in [-0.39, 0.29) is 0 Å². The van der Waals surface area contributed by atoms with Gasteiger partial charge in [-0.1, -0.05) is 60.7 Å². The standard InChI is InChI=1S/C25H20N2O2.ClHO4/c1-28-21-13-7-12-18(24(21)29-2)20-14-15-8-3-4-9-16(15)23-22(20)17-10-5-6-11-19(17)25(26)27-23;2-1(3,4)5/h3-14H,1-2H3,(H2,26,27);(H,2,3,4,5). The van der Waals surface area contributed by atoms with Crippen LogP contribution in [0.3, 0.4) is 0 Å². The SMILES string of the molecule is COc1cccc(-c2cc3ccccc3c3nc(N)c4ccccc4c23)c1OC.[O-][Cl+3]([O-])([O-])O. The molecule has 0 aliphatic rings. The van der Waals surface area contributed by atoms with Crippen LogP contribution in [0.1, 0.15) is 0 Å². The smallest absolute Gasteiger partial charge is 0.168 e. The molecule has 5 aromatic rings. The van der Waals surface area contributed by atoms with Gasteiger partial charge in [-0.05, 0) is 28.5 Å². The van der Waals surface area contributed by atoms with Gasteiger partial charge in [0.1, 0.15) is 5.82 Å². The molecule has 0 unspecified atom stereocenters. The molecular formula is C25H21ClN2O6. The quantitative estimate of drug-likeness (QED) is 0.371. The summed E-state index contributed by atoms with van der Waals surface area (Å²) in [4.78, 5) is 4.82. The number of hydrogen-bond donors (Lipinski definition) is 2. The van der Waals surface area contributed by atoms with E-state index in [1.54, 1.807) is 14.2 Å². The van der Waals surface area contributed by atoms with Gasteiger partial charge < -0.3 is 15.2 Å². The van der Waals surface area contributed by atoms with Crippen LogP contribution in [-0.4, -0.2) is 23.9 Å². The maximum atomic E-state index is 8.60. The summed E-state index contributed by atoms with van der Waals surface area (Å²) in [7, 11) is -1.38. The van der Waals surface area contributed by atoms with E-state index in [9.17, 15) is 0 Å². The zero-order chi connectivity index (χ0) is 24.5. The summed E-state index contributed by atoms with van der Waals surface area (Å²) < 4.78 is 44.0. The Morgan fingerprint density at radius 1 is 0.794 bits per heavy atom. The Kier molecular flexibility index (Phi) is 6.43. The Balaban J connectivity index is 0.000000499. The third-order valence-corrected chi connectivity index (χ3v) is 5.42. The predicted molar refractivity (Wildman–Crippen MR) is 122 cm³/mol. The van der Waals surface area contributed by atoms with E-state index in [2.05, 4.69) is 30.3 Å². The van der Waals surface area contributed by atoms with Crippen molar-refractivity contribution in [3.05, 3.63) is 72.8 Å². The topological polar surface area (TPSA) is 147 Å². The molecule has 1 aromatic heterocycles. The van der Waals surface area contributed by atoms with Gasteiger partial charge in [-0.15, -0.1) is 0 Å². The van der Waals surface area contributed by atoms with E-state index in [0.717, 1.165) is 43.6 Å². The van der Waals surface area contributed by atoms with Gasteiger partial charge in [0.05, 0.1) is 34.6 Å². The Labute approximate surface area is 197 Å². The van der Waals surface area contributed by atoms with Crippen LogP contribution in [-0.2, 0) is 0 Å². The fraction of sp³-hybridized carbons (Fsp3) is 0.0800. The van der Waals surface area contributed by atoms with Crippen LogP contribution in [0.5, 0.6) is 11.5 Å². The van der Waals surface area contributed by atoms with Crippen LogP contribution >= 0.6 is 0 Å². The molecule has 0 spiro atoms. The van der Waals surface area contributed by atoms with Crippen molar-refractivity contribution >= 4 is 38.3 Å². The van der Waals surface area contributed by atoms with E-state index in [0.29, 0.717) is 17.3 Å². The predicted octanol–water partition coefficient (Wildman–Crippen LogP) is 1.68. The first-order valence-corrected chi connectivity index (χ1v) is 11.3. The molecule has 5 rings (SSSR count). The molecule has 1 heterocycles. The summed E-state index contributed by atoms with van der Waals surface area (Å²) in [6, 6.07) is 24.5. The summed E-state index contributed by atoms with van der Waals surface area (Å²) >= 11 is 0. The molecule has 0 bridgehead atoms. The molecule has 4 aromatic carbocycles. The van der Waals surface area contributed by atoms with Gasteiger partial charge in [0.2, 0.25) is 0 Å². The van der Waals surface area contributed by atoms with E-state index in [1.165, 1.54) is 0 Å². The van der Waals surface area contributed by atoms with Crippen molar-refractivity contribution in [3.63, 3.8) is 0 Å². The van der Waals surface area contributed by atoms with Crippen molar-refractivity contribution in [2.75, 3.05) is 20.0 Å². The molecule has 0 fully saturated rings. The van der Waals surface area contributed by atoms with Gasteiger partial charge in [-0.25, -0.2) is 4.98 Å². The first-order valence-electron chi connectivity index (χ1n) is 10.1. The molecule has 0 radical (unpaired) electrons. The highest BCUT2D eigenvalue weighted by atomic mass is 35.7. The fourth-order valence-electron chi connectivity index (χ4n) is 4.13. The van der Waals surface area contributed by atoms with Gasteiger partial charge in [-0.3, -0.25) is 0 Å². The number of pyridine rings is 1. The molecule has 0 atom stereocenters. The number of fused-ring (bicyclic) bond motifs is 5. The molecule has 9 heteroatoms. The first-order chi connectivity index (χ1) is 16.2. The number of aromatic nitrogens is 1. The zero-order valence-electron chi connectivity index (χ0n) is 18.3. The molecule has 0 amide bonds. The number of nitrogen functional groups attached to an aromatic ring is 1. The molecule has 0 aliphatic carbocycles. The van der Waals surface area contributed by atoms with Crippen LogP contribution in [0, 0.1) is 10.2 Å². The van der Waals surface area contributed by atoms with E-state index < -0.39 is 10.2 Å². The molecule has 174 valence electrons. The molecule has 0 saturated carbocycles. The van der Waals surface area contributed by atoms with Crippen molar-refractivity contribution in [1.29, 1.82) is 0 Å². The van der Waals surface area contributed by atoms with E-state index in [4.69, 9.17) is 38.8 Å². The number of methoxy groups -OCH3 is 2. The first kappa shape index (κ1) is 23.5. The lowest BCUT2D eigenvalue weighted by Crippen LogP contribution is -2.58. The minimum atomic E-state index is -4.69. The number of para-hydroxylation sites is 1. The molecule has 34 heavy (non-hydrogen) atoms. The second-order valence-corrected chi connectivity index (χ2v) is 8.14. The lowest BCUT2D eigenvalue weighted by Gasteiger charge is -2.17. The van der Waals surface area contributed by atoms with Crippen LogP contribution in [0.15, 0.2) is 72.8 Å². The van der Waals surface area contributed by atoms with Crippen molar-refractivity contribution < 1.29 is 38.4 Å². The van der Waals surface area contributed by atoms with Crippen molar-refractivity contribution in [3.8, 4) is 22.6 Å². The number of nitrogens with two attached hydrogens (primary N) is 1. The van der Waals surface area contributed by atoms with Crippen LogP contribution < -0.4 is 29.2 Å². The Morgan fingerprint density at radius 3 is 2.06 bits per heavy atom. The maximum absolute atomic E-state index is 8.60. The highest BCUT2D eigenvalue weighted by Gasteiger charge is 2.19. The minimum absolute atomic E-state index is 0.535. The highest BCUT2D eigenvalue weighted by molar-refractivity contribution is 6.23. The van der Waals surface area contributed by atoms with Gasteiger partial charge in [-0.2, -0.15) is 14.0 Å². The largest absolute Gasteiger partial charge is 0.493 e. The van der Waals surface area contributed by atoms with Crippen LogP contribution in [0.4, 0.5) is 5.82 Å². The third-order valence-electron chi connectivity index (χ3n) is 5.42. The summed E-state index contributed by atoms with van der Waals surface area (Å²) in [5, 5.41) is 5.24. The van der Waals surface area contributed by atoms with E-state index in [1.807, 2.05) is 42.5 Å². The normalized spacial score (nSPS) is 11.4. The van der Waals surface area contributed by atoms with Crippen molar-refractivity contribution in [2.24, 2.45) is 0 Å². The number of hydrogen-bond acceptors (Lipinski definition) is 8. The number of ether oxygens (including phenoxy) is 2. The Bertz CT molecular complexity index is 1490. The van der Waals surface area contributed by atoms with Gasteiger partial charge >= 0.3 is 0 Å². The number of rotatable bonds is 3. The molecule has 0 aliphatic heterocycles. The average molecular weight is 481 g/mol. The van der Waals surface area contributed by atoms with Gasteiger partial charge in [0.15, 0.2) is 11.5 Å². The van der Waals surface area contributed by atoms with Crippen LogP contribution in [0.25, 0.3) is 43.6 Å². The van der Waals surface area contributed by atoms with E-state index >= 15 is 0 Å². The summed E-state index contributed by atoms with van der Waals surface area (Å²) in [6.45, 7) is 0. The van der Waals surface area contributed by atoms with Gasteiger partial charge in [0.25, 0.3) is 0 Å². The number of nitrogens with zero attached hydrogens (tertiary/aromatic N) is 1. The Morgan fingerprint density at radius 2 is 1.41 bits per heavy atom. The number of anilines is 1. The number of halogens is 1. The average Bonchev–Trinajstić information content (AvgIpc) is 2.82. The summed E-state index contributed by atoms with van der Waals surface area (Å²) in [5.74, 6) is 1.93. The summed E-state index contributed by atoms with van der Waals surface area (Å²) in [6.07, 6.45) is 0. The second kappa shape index (κ2) is 9.30. The summed E-state index contributed by atoms with van der Waals surface area (Å²) in [5.41, 5.74) is 9.23. The number of benzene rings is 4. The van der Waals surface area contributed by atoms with Crippen LogP contribution in [0.2, 0.25) is 0 Å². The van der Waals surface area contributed by atoms with Crippen molar-refractivity contribution in [2.45, 2.75) is 0 Å². The highest BCUT2D eigenvalue weighted by Crippen LogP contribution is 2.44. The lowest BCUT2D eigenvalue weighted by atomic mass is 9.92. The molecule has 3 N–H and O–H groups in total.